The van der Waals surface area contributed by atoms with Crippen molar-refractivity contribution in [2.75, 3.05) is 26.1 Å². The first-order valence-corrected chi connectivity index (χ1v) is 5.99. The largest absolute Gasteiger partial charge is 0.771 e. The fourth-order valence-electron chi connectivity index (χ4n) is 1.67. The van der Waals surface area contributed by atoms with E-state index in [0.717, 1.165) is 19.4 Å². The van der Waals surface area contributed by atoms with E-state index in [1.165, 1.54) is 7.11 Å². The van der Waals surface area contributed by atoms with Gasteiger partial charge < -0.3 is 14.6 Å². The molecule has 88 valence electrons. The third-order valence-corrected chi connectivity index (χ3v) is 2.88. The van der Waals surface area contributed by atoms with Crippen molar-refractivity contribution < 1.29 is 18.3 Å². The van der Waals surface area contributed by atoms with E-state index in [9.17, 15) is 13.6 Å². The summed E-state index contributed by atoms with van der Waals surface area (Å²) in [4.78, 5) is 12.7. The number of nitrogens with one attached hydrogen (secondary N) is 1. The van der Waals surface area contributed by atoms with Crippen molar-refractivity contribution in [3.8, 4) is 0 Å². The van der Waals surface area contributed by atoms with E-state index >= 15 is 0 Å². The van der Waals surface area contributed by atoms with Crippen molar-refractivity contribution in [2.24, 2.45) is 0 Å². The van der Waals surface area contributed by atoms with Crippen molar-refractivity contribution in [3.05, 3.63) is 0 Å². The average molecular weight is 235 g/mol. The Bertz CT molecular complexity index is 249. The van der Waals surface area contributed by atoms with Crippen LogP contribution in [0.4, 0.5) is 4.79 Å². The second kappa shape index (κ2) is 6.04. The van der Waals surface area contributed by atoms with Crippen LogP contribution in [0.25, 0.3) is 0 Å². The number of alkyl carbamates (subject to hydrolysis) is 1. The summed E-state index contributed by atoms with van der Waals surface area (Å²) >= 11 is -2.06. The highest BCUT2D eigenvalue weighted by Crippen LogP contribution is 2.10. The molecule has 0 saturated carbocycles. The highest BCUT2D eigenvalue weighted by atomic mass is 32.2. The van der Waals surface area contributed by atoms with E-state index in [2.05, 4.69) is 10.1 Å². The third kappa shape index (κ3) is 4.59. The molecule has 1 heterocycles. The monoisotopic (exact) mass is 235 g/mol. The Morgan fingerprint density at radius 2 is 2.47 bits per heavy atom. The Morgan fingerprint density at radius 3 is 3.07 bits per heavy atom. The molecule has 0 radical (unpaired) electrons. The van der Waals surface area contributed by atoms with Crippen LogP contribution in [0.3, 0.4) is 0 Å². The fraction of sp³-hybridized carbons (Fsp3) is 0.875. The normalized spacial score (nSPS) is 24.5. The maximum absolute atomic E-state index is 10.9. The lowest BCUT2D eigenvalue weighted by Gasteiger charge is -2.32. The van der Waals surface area contributed by atoms with Crippen molar-refractivity contribution in [1.82, 2.24) is 10.2 Å². The zero-order chi connectivity index (χ0) is 11.3. The molecule has 0 aromatic carbocycles. The van der Waals surface area contributed by atoms with Crippen LogP contribution in [0, 0.1) is 0 Å². The minimum Gasteiger partial charge on any atom is -0.771 e. The minimum atomic E-state index is -2.06. The SMILES string of the molecule is COC(=O)NC1CCCN(CS(=O)[O-])C1. The molecule has 6 nitrogen and oxygen atoms in total. The standard InChI is InChI=1S/C8H16N2O4S/c1-14-8(11)9-7-3-2-4-10(5-7)6-15(12)13/h7H,2-6H2,1H3,(H,9,11)(H,12,13)/p-1. The first-order chi connectivity index (χ1) is 7.11. The predicted molar refractivity (Wildman–Crippen MR) is 53.9 cm³/mol. The van der Waals surface area contributed by atoms with E-state index in [0.29, 0.717) is 6.54 Å². The second-order valence-corrected chi connectivity index (χ2v) is 4.35. The van der Waals surface area contributed by atoms with Gasteiger partial charge in [-0.2, -0.15) is 0 Å². The van der Waals surface area contributed by atoms with Crippen LogP contribution in [0.2, 0.25) is 0 Å². The molecule has 7 heteroatoms. The maximum atomic E-state index is 10.9. The molecule has 1 N–H and O–H groups in total. The van der Waals surface area contributed by atoms with Crippen LogP contribution in [0.1, 0.15) is 12.8 Å². The summed E-state index contributed by atoms with van der Waals surface area (Å²) in [6.45, 7) is 1.32. The van der Waals surface area contributed by atoms with Gasteiger partial charge in [-0.1, -0.05) is 0 Å². The number of amides is 1. The van der Waals surface area contributed by atoms with Crippen LogP contribution in [-0.4, -0.2) is 51.9 Å². The van der Waals surface area contributed by atoms with Crippen LogP contribution in [0.15, 0.2) is 0 Å². The smallest absolute Gasteiger partial charge is 0.407 e. The zero-order valence-electron chi connectivity index (χ0n) is 8.60. The lowest BCUT2D eigenvalue weighted by atomic mass is 10.1. The van der Waals surface area contributed by atoms with E-state index in [1.807, 2.05) is 0 Å². The molecule has 0 aromatic heterocycles. The number of hydrogen-bond donors (Lipinski definition) is 1. The van der Waals surface area contributed by atoms with Crippen molar-refractivity contribution >= 4 is 17.2 Å². The molecule has 0 aromatic rings. The van der Waals surface area contributed by atoms with E-state index in [1.54, 1.807) is 4.90 Å². The van der Waals surface area contributed by atoms with Gasteiger partial charge in [0.15, 0.2) is 0 Å². The predicted octanol–water partition coefficient (Wildman–Crippen LogP) is -0.357. The van der Waals surface area contributed by atoms with Crippen molar-refractivity contribution in [3.63, 3.8) is 0 Å². The quantitative estimate of drug-likeness (QED) is 0.676. The molecule has 2 unspecified atom stereocenters. The molecule has 1 saturated heterocycles. The Morgan fingerprint density at radius 1 is 1.73 bits per heavy atom. The molecule has 0 aliphatic carbocycles. The second-order valence-electron chi connectivity index (χ2n) is 3.48. The Labute approximate surface area is 91.3 Å². The van der Waals surface area contributed by atoms with Crippen LogP contribution in [-0.2, 0) is 15.8 Å². The number of rotatable bonds is 3. The first kappa shape index (κ1) is 12.4. The molecule has 0 spiro atoms. The van der Waals surface area contributed by atoms with E-state index in [-0.39, 0.29) is 11.9 Å². The number of nitrogens with zero attached hydrogens (tertiary/aromatic N) is 1. The van der Waals surface area contributed by atoms with Gasteiger partial charge in [0.25, 0.3) is 0 Å². The number of carbonyl (C=O) groups excluding carboxylic acids is 1. The topological polar surface area (TPSA) is 81.7 Å². The third-order valence-electron chi connectivity index (χ3n) is 2.30. The number of piperidine rings is 1. The fourth-order valence-corrected chi connectivity index (χ4v) is 2.20. The Kier molecular flexibility index (Phi) is 5.00. The maximum Gasteiger partial charge on any atom is 0.407 e. The molecule has 15 heavy (non-hydrogen) atoms. The van der Waals surface area contributed by atoms with Crippen molar-refractivity contribution in [1.29, 1.82) is 0 Å². The van der Waals surface area contributed by atoms with Crippen LogP contribution in [0.5, 0.6) is 0 Å². The molecule has 1 aliphatic rings. The summed E-state index contributed by atoms with van der Waals surface area (Å²) in [5.74, 6) is 0.0271. The molecule has 2 atom stereocenters. The van der Waals surface area contributed by atoms with E-state index in [4.69, 9.17) is 0 Å². The highest BCUT2D eigenvalue weighted by molar-refractivity contribution is 7.79. The lowest BCUT2D eigenvalue weighted by Crippen LogP contribution is -2.48. The first-order valence-electron chi connectivity index (χ1n) is 4.74. The van der Waals surface area contributed by atoms with Crippen molar-refractivity contribution in [2.45, 2.75) is 18.9 Å². The molecular weight excluding hydrogens is 220 g/mol. The van der Waals surface area contributed by atoms with Crippen LogP contribution < -0.4 is 5.32 Å². The van der Waals surface area contributed by atoms with Gasteiger partial charge in [-0.3, -0.25) is 9.11 Å². The zero-order valence-corrected chi connectivity index (χ0v) is 9.42. The summed E-state index contributed by atoms with van der Waals surface area (Å²) in [5, 5.41) is 2.67. The number of likely N-dealkylation sites (tertiary alicyclic amines) is 1. The van der Waals surface area contributed by atoms with Gasteiger partial charge in [0.1, 0.15) is 0 Å². The minimum absolute atomic E-state index is 0.0188. The summed E-state index contributed by atoms with van der Waals surface area (Å²) in [6, 6.07) is -0.0188. The van der Waals surface area contributed by atoms with Gasteiger partial charge in [-0.25, -0.2) is 4.79 Å². The van der Waals surface area contributed by atoms with Gasteiger partial charge in [0.2, 0.25) is 0 Å². The number of hydrogen-bond acceptors (Lipinski definition) is 5. The molecule has 1 amide bonds. The Hall–Kier alpha value is -0.660. The van der Waals surface area contributed by atoms with Gasteiger partial charge >= 0.3 is 6.09 Å². The van der Waals surface area contributed by atoms with E-state index < -0.39 is 17.2 Å². The van der Waals surface area contributed by atoms with Gasteiger partial charge in [0.05, 0.1) is 13.0 Å². The molecule has 1 fully saturated rings. The lowest BCUT2D eigenvalue weighted by molar-refractivity contribution is 0.153. The molecule has 1 rings (SSSR count). The summed E-state index contributed by atoms with van der Waals surface area (Å²) in [5.41, 5.74) is 0. The molecular formula is C8H15N2O4S-. The molecule has 1 aliphatic heterocycles. The summed E-state index contributed by atoms with van der Waals surface area (Å²) in [6.07, 6.45) is 1.27. The Balaban J connectivity index is 2.35. The number of ether oxygens (including phenoxy) is 1. The summed E-state index contributed by atoms with van der Waals surface area (Å²) < 4.78 is 25.5. The van der Waals surface area contributed by atoms with Gasteiger partial charge in [-0.15, -0.1) is 0 Å². The highest BCUT2D eigenvalue weighted by Gasteiger charge is 2.21. The van der Waals surface area contributed by atoms with Gasteiger partial charge in [-0.05, 0) is 30.5 Å². The van der Waals surface area contributed by atoms with Gasteiger partial charge in [0, 0.05) is 12.6 Å². The average Bonchev–Trinajstić information content (AvgIpc) is 2.17. The van der Waals surface area contributed by atoms with Crippen LogP contribution >= 0.6 is 0 Å². The number of carbonyl (C=O) groups is 1. The summed E-state index contributed by atoms with van der Waals surface area (Å²) in [7, 11) is 1.31. The molecule has 0 bridgehead atoms. The number of methoxy groups -OCH3 is 1.